The molecule has 0 saturated carbocycles. The topological polar surface area (TPSA) is 99.0 Å². The van der Waals surface area contributed by atoms with Gasteiger partial charge in [0.25, 0.3) is 0 Å². The molecule has 2 heterocycles. The third-order valence-corrected chi connectivity index (χ3v) is 3.87. The van der Waals surface area contributed by atoms with Crippen LogP contribution in [0.25, 0.3) is 22.6 Å². The fraction of sp³-hybridized carbons (Fsp3) is 0.105. The lowest BCUT2D eigenvalue weighted by atomic mass is 10.0. The molecule has 0 amide bonds. The molecular formula is C19H15N3O3. The maximum Gasteiger partial charge on any atom is 0.337 e. The number of hydrogen-bond donors (Lipinski definition) is 2. The second kappa shape index (κ2) is 6.99. The molecule has 3 rings (SSSR count). The van der Waals surface area contributed by atoms with Gasteiger partial charge in [-0.3, -0.25) is 4.98 Å². The van der Waals surface area contributed by atoms with E-state index < -0.39 is 12.1 Å². The lowest BCUT2D eigenvalue weighted by Gasteiger charge is -2.11. The molecule has 1 unspecified atom stereocenters. The van der Waals surface area contributed by atoms with Gasteiger partial charge in [-0.2, -0.15) is 5.26 Å². The number of H-pyrrole nitrogens is 1. The summed E-state index contributed by atoms with van der Waals surface area (Å²) < 4.78 is 5.05. The van der Waals surface area contributed by atoms with E-state index in [1.54, 1.807) is 48.9 Å². The van der Waals surface area contributed by atoms with Crippen molar-refractivity contribution in [2.45, 2.75) is 6.10 Å². The lowest BCUT2D eigenvalue weighted by molar-refractivity contribution is -0.148. The fourth-order valence-corrected chi connectivity index (χ4v) is 2.70. The molecule has 0 spiro atoms. The van der Waals surface area contributed by atoms with Gasteiger partial charge < -0.3 is 14.8 Å². The zero-order chi connectivity index (χ0) is 17.8. The van der Waals surface area contributed by atoms with Gasteiger partial charge in [-0.15, -0.1) is 0 Å². The van der Waals surface area contributed by atoms with E-state index in [4.69, 9.17) is 4.74 Å². The van der Waals surface area contributed by atoms with Crippen molar-refractivity contribution in [2.75, 3.05) is 7.11 Å². The zero-order valence-corrected chi connectivity index (χ0v) is 13.4. The van der Waals surface area contributed by atoms with Crippen LogP contribution in [-0.2, 0) is 9.53 Å². The van der Waals surface area contributed by atoms with E-state index >= 15 is 0 Å². The number of allylic oxidation sites excluding steroid dienone is 1. The van der Waals surface area contributed by atoms with Crippen molar-refractivity contribution >= 4 is 28.5 Å². The number of carboxylic acid groups (broad SMARTS) is 1. The Balaban J connectivity index is 2.11. The van der Waals surface area contributed by atoms with Crippen molar-refractivity contribution < 1.29 is 14.6 Å². The number of hydrogen-bond acceptors (Lipinski definition) is 4. The van der Waals surface area contributed by atoms with E-state index in [1.165, 1.54) is 7.11 Å². The minimum absolute atomic E-state index is 0.459. The molecule has 0 bridgehead atoms. The predicted molar refractivity (Wildman–Crippen MR) is 93.4 cm³/mol. The summed E-state index contributed by atoms with van der Waals surface area (Å²) in [4.78, 5) is 18.5. The monoisotopic (exact) mass is 333 g/mol. The molecule has 6 heteroatoms. The summed E-state index contributed by atoms with van der Waals surface area (Å²) in [6, 6.07) is 11.1. The molecule has 0 saturated heterocycles. The van der Waals surface area contributed by atoms with E-state index in [-0.39, 0.29) is 0 Å². The largest absolute Gasteiger partial charge is 0.479 e. The van der Waals surface area contributed by atoms with Crippen LogP contribution in [0.15, 0.2) is 48.9 Å². The Bertz CT molecular complexity index is 984. The van der Waals surface area contributed by atoms with Crippen molar-refractivity contribution in [2.24, 2.45) is 0 Å². The Morgan fingerprint density at radius 1 is 1.44 bits per heavy atom. The molecule has 0 aliphatic rings. The Kier molecular flexibility index (Phi) is 4.59. The first-order valence-electron chi connectivity index (χ1n) is 7.53. The van der Waals surface area contributed by atoms with Gasteiger partial charge in [0.15, 0.2) is 6.10 Å². The quantitative estimate of drug-likeness (QED) is 0.697. The normalized spacial score (nSPS) is 12.7. The first-order chi connectivity index (χ1) is 12.1. The lowest BCUT2D eigenvalue weighted by Crippen LogP contribution is -2.13. The molecule has 1 aromatic carbocycles. The highest BCUT2D eigenvalue weighted by Gasteiger charge is 2.20. The smallest absolute Gasteiger partial charge is 0.337 e. The summed E-state index contributed by atoms with van der Waals surface area (Å²) in [5.41, 5.74) is 3.29. The van der Waals surface area contributed by atoms with Crippen LogP contribution in [0.1, 0.15) is 22.8 Å². The summed E-state index contributed by atoms with van der Waals surface area (Å²) in [5, 5.41) is 19.6. The summed E-state index contributed by atoms with van der Waals surface area (Å²) in [7, 11) is 1.35. The van der Waals surface area contributed by atoms with Crippen molar-refractivity contribution in [3.8, 4) is 6.07 Å². The first-order valence-corrected chi connectivity index (χ1v) is 7.53. The maximum atomic E-state index is 11.3. The van der Waals surface area contributed by atoms with E-state index in [9.17, 15) is 15.2 Å². The molecule has 1 atom stereocenters. The number of carboxylic acids is 1. The molecule has 0 aliphatic heterocycles. The number of methoxy groups -OCH3 is 1. The van der Waals surface area contributed by atoms with Crippen LogP contribution in [-0.4, -0.2) is 28.2 Å². The Morgan fingerprint density at radius 3 is 2.92 bits per heavy atom. The summed E-state index contributed by atoms with van der Waals surface area (Å²) in [6.45, 7) is 0. The average molecular weight is 333 g/mol. The number of ether oxygens (including phenoxy) is 1. The van der Waals surface area contributed by atoms with Crippen molar-refractivity contribution in [1.82, 2.24) is 9.97 Å². The van der Waals surface area contributed by atoms with Crippen LogP contribution in [0.2, 0.25) is 0 Å². The van der Waals surface area contributed by atoms with Gasteiger partial charge in [-0.1, -0.05) is 12.1 Å². The Labute approximate surface area is 144 Å². The molecule has 6 nitrogen and oxygen atoms in total. The number of aromatic amines is 1. The van der Waals surface area contributed by atoms with E-state index in [0.717, 1.165) is 16.5 Å². The summed E-state index contributed by atoms with van der Waals surface area (Å²) >= 11 is 0. The molecule has 0 radical (unpaired) electrons. The van der Waals surface area contributed by atoms with Gasteiger partial charge in [0.2, 0.25) is 0 Å². The number of rotatable bonds is 5. The number of nitrogens with one attached hydrogen (secondary N) is 1. The van der Waals surface area contributed by atoms with Crippen LogP contribution in [0.3, 0.4) is 0 Å². The van der Waals surface area contributed by atoms with Gasteiger partial charge in [0.1, 0.15) is 0 Å². The third kappa shape index (κ3) is 3.27. The van der Waals surface area contributed by atoms with E-state index in [0.29, 0.717) is 16.7 Å². The van der Waals surface area contributed by atoms with Gasteiger partial charge in [-0.05, 0) is 35.4 Å². The molecule has 0 aliphatic carbocycles. The Hall–Kier alpha value is -3.43. The summed E-state index contributed by atoms with van der Waals surface area (Å²) in [5.74, 6) is -1.06. The molecular weight excluding hydrogens is 318 g/mol. The highest BCUT2D eigenvalue weighted by atomic mass is 16.5. The SMILES string of the molecule is COC(C(=O)O)c1ccc2[nH]cc(C(C#N)=Cc3cccnc3)c2c1. The standard InChI is InChI=1S/C19H15N3O3/c1-25-18(19(23)24)13-4-5-17-15(8-13)16(11-22-17)14(9-20)7-12-3-2-6-21-10-12/h2-8,10-11,18,22H,1H3,(H,23,24). The number of fused-ring (bicyclic) bond motifs is 1. The average Bonchev–Trinajstić information content (AvgIpc) is 3.04. The number of aliphatic carboxylic acids is 1. The van der Waals surface area contributed by atoms with Gasteiger partial charge in [0.05, 0.1) is 11.6 Å². The number of carbonyl (C=O) groups is 1. The van der Waals surface area contributed by atoms with Gasteiger partial charge in [0, 0.05) is 42.2 Å². The van der Waals surface area contributed by atoms with Crippen LogP contribution in [0, 0.1) is 11.3 Å². The summed E-state index contributed by atoms with van der Waals surface area (Å²) in [6.07, 6.45) is 5.76. The van der Waals surface area contributed by atoms with Crippen LogP contribution >= 0.6 is 0 Å². The molecule has 25 heavy (non-hydrogen) atoms. The third-order valence-electron chi connectivity index (χ3n) is 3.87. The molecule has 2 aromatic heterocycles. The second-order valence-electron chi connectivity index (χ2n) is 5.42. The molecule has 0 fully saturated rings. The van der Waals surface area contributed by atoms with Crippen LogP contribution in [0.5, 0.6) is 0 Å². The van der Waals surface area contributed by atoms with Crippen molar-refractivity contribution in [1.29, 1.82) is 5.26 Å². The highest BCUT2D eigenvalue weighted by molar-refractivity contribution is 6.01. The Morgan fingerprint density at radius 2 is 2.28 bits per heavy atom. The van der Waals surface area contributed by atoms with Gasteiger partial charge >= 0.3 is 5.97 Å². The zero-order valence-electron chi connectivity index (χ0n) is 13.4. The predicted octanol–water partition coefficient (Wildman–Crippen LogP) is 3.40. The first kappa shape index (κ1) is 16.4. The number of aromatic nitrogens is 2. The van der Waals surface area contributed by atoms with E-state index in [1.807, 2.05) is 6.07 Å². The van der Waals surface area contributed by atoms with Crippen molar-refractivity contribution in [3.63, 3.8) is 0 Å². The van der Waals surface area contributed by atoms with Gasteiger partial charge in [-0.25, -0.2) is 4.79 Å². The maximum absolute atomic E-state index is 11.3. The fourth-order valence-electron chi connectivity index (χ4n) is 2.70. The van der Waals surface area contributed by atoms with Crippen LogP contribution in [0.4, 0.5) is 0 Å². The molecule has 124 valence electrons. The van der Waals surface area contributed by atoms with E-state index in [2.05, 4.69) is 16.0 Å². The minimum Gasteiger partial charge on any atom is -0.479 e. The molecule has 2 N–H and O–H groups in total. The minimum atomic E-state index is -1.06. The number of nitrogens with zero attached hydrogens (tertiary/aromatic N) is 2. The highest BCUT2D eigenvalue weighted by Crippen LogP contribution is 2.29. The van der Waals surface area contributed by atoms with Crippen LogP contribution < -0.4 is 0 Å². The van der Waals surface area contributed by atoms with Crippen molar-refractivity contribution in [3.05, 3.63) is 65.6 Å². The number of benzene rings is 1. The molecule has 3 aromatic rings. The number of nitriles is 1. The second-order valence-corrected chi connectivity index (χ2v) is 5.42. The number of pyridine rings is 1.